The monoisotopic (exact) mass is 407 g/mol. The highest BCUT2D eigenvalue weighted by atomic mass is 19.1. The third-order valence-electron chi connectivity index (χ3n) is 5.41. The van der Waals surface area contributed by atoms with E-state index in [1.165, 1.54) is 18.2 Å². The Morgan fingerprint density at radius 2 is 1.90 bits per heavy atom. The molecule has 7 heteroatoms. The van der Waals surface area contributed by atoms with Crippen molar-refractivity contribution in [2.24, 2.45) is 0 Å². The Balaban J connectivity index is 1.41. The molecule has 3 aromatic rings. The van der Waals surface area contributed by atoms with Gasteiger partial charge in [0, 0.05) is 56.2 Å². The Hall–Kier alpha value is -3.06. The van der Waals surface area contributed by atoms with Crippen molar-refractivity contribution in [3.05, 3.63) is 76.1 Å². The average Bonchev–Trinajstić information content (AvgIpc) is 3.00. The molecule has 6 nitrogen and oxygen atoms in total. The summed E-state index contributed by atoms with van der Waals surface area (Å²) >= 11 is 0. The van der Waals surface area contributed by atoms with E-state index in [2.05, 4.69) is 24.8 Å². The zero-order valence-electron chi connectivity index (χ0n) is 17.1. The second kappa shape index (κ2) is 9.17. The fourth-order valence-corrected chi connectivity index (χ4v) is 3.75. The van der Waals surface area contributed by atoms with Crippen molar-refractivity contribution in [1.29, 1.82) is 0 Å². The fraction of sp³-hybridized carbons (Fsp3) is 0.348. The SMILES string of the molecule is CCc1cc(=O)[nH]c(-c2ccc(N3CCCN(Cc4ccc(F)cc4)CC3)nc2)n1. The number of anilines is 1. The summed E-state index contributed by atoms with van der Waals surface area (Å²) in [5.74, 6) is 1.28. The Kier molecular flexibility index (Phi) is 6.18. The zero-order valence-corrected chi connectivity index (χ0v) is 17.1. The van der Waals surface area contributed by atoms with Crippen LogP contribution in [-0.4, -0.2) is 46.0 Å². The van der Waals surface area contributed by atoms with Gasteiger partial charge in [-0.3, -0.25) is 9.69 Å². The highest BCUT2D eigenvalue weighted by Crippen LogP contribution is 2.19. The summed E-state index contributed by atoms with van der Waals surface area (Å²) in [5, 5.41) is 0. The van der Waals surface area contributed by atoms with Gasteiger partial charge in [-0.2, -0.15) is 0 Å². The van der Waals surface area contributed by atoms with Crippen molar-refractivity contribution in [1.82, 2.24) is 19.9 Å². The van der Waals surface area contributed by atoms with Gasteiger partial charge < -0.3 is 9.88 Å². The molecule has 156 valence electrons. The summed E-state index contributed by atoms with van der Waals surface area (Å²) in [4.78, 5) is 28.4. The summed E-state index contributed by atoms with van der Waals surface area (Å²) in [6.07, 6.45) is 3.52. The third-order valence-corrected chi connectivity index (χ3v) is 5.41. The van der Waals surface area contributed by atoms with E-state index in [1.54, 1.807) is 6.20 Å². The molecule has 2 aromatic heterocycles. The minimum atomic E-state index is -0.198. The number of pyridine rings is 1. The van der Waals surface area contributed by atoms with Gasteiger partial charge in [-0.25, -0.2) is 14.4 Å². The highest BCUT2D eigenvalue weighted by Gasteiger charge is 2.16. The van der Waals surface area contributed by atoms with E-state index in [-0.39, 0.29) is 11.4 Å². The quantitative estimate of drug-likeness (QED) is 0.703. The minimum Gasteiger partial charge on any atom is -0.355 e. The Morgan fingerprint density at radius 3 is 2.63 bits per heavy atom. The van der Waals surface area contributed by atoms with E-state index in [9.17, 15) is 9.18 Å². The lowest BCUT2D eigenvalue weighted by Gasteiger charge is -2.23. The number of nitrogens with zero attached hydrogens (tertiary/aromatic N) is 4. The second-order valence-corrected chi connectivity index (χ2v) is 7.59. The molecule has 1 aliphatic rings. The van der Waals surface area contributed by atoms with E-state index in [4.69, 9.17) is 0 Å². The molecule has 0 spiro atoms. The van der Waals surface area contributed by atoms with Crippen LogP contribution < -0.4 is 10.5 Å². The largest absolute Gasteiger partial charge is 0.355 e. The average molecular weight is 407 g/mol. The van der Waals surface area contributed by atoms with Gasteiger partial charge in [-0.05, 0) is 42.7 Å². The Labute approximate surface area is 175 Å². The Bertz CT molecular complexity index is 1030. The van der Waals surface area contributed by atoms with Crippen LogP contribution in [-0.2, 0) is 13.0 Å². The summed E-state index contributed by atoms with van der Waals surface area (Å²) in [5.41, 5.74) is 2.56. The summed E-state index contributed by atoms with van der Waals surface area (Å²) in [6.45, 7) is 6.55. The number of H-pyrrole nitrogens is 1. The van der Waals surface area contributed by atoms with Crippen molar-refractivity contribution in [3.63, 3.8) is 0 Å². The van der Waals surface area contributed by atoms with Crippen molar-refractivity contribution < 1.29 is 4.39 Å². The smallest absolute Gasteiger partial charge is 0.251 e. The number of nitrogens with one attached hydrogen (secondary N) is 1. The lowest BCUT2D eigenvalue weighted by atomic mass is 10.2. The van der Waals surface area contributed by atoms with Gasteiger partial charge in [0.2, 0.25) is 0 Å². The van der Waals surface area contributed by atoms with E-state index in [1.807, 2.05) is 31.2 Å². The van der Waals surface area contributed by atoms with Crippen LogP contribution in [0.1, 0.15) is 24.6 Å². The van der Waals surface area contributed by atoms with Gasteiger partial charge in [-0.1, -0.05) is 19.1 Å². The topological polar surface area (TPSA) is 65.1 Å². The van der Waals surface area contributed by atoms with Gasteiger partial charge >= 0.3 is 0 Å². The number of hydrogen-bond acceptors (Lipinski definition) is 5. The van der Waals surface area contributed by atoms with Gasteiger partial charge in [0.1, 0.15) is 17.5 Å². The molecule has 4 rings (SSSR count). The number of hydrogen-bond donors (Lipinski definition) is 1. The van der Waals surface area contributed by atoms with E-state index in [0.717, 1.165) is 61.8 Å². The fourth-order valence-electron chi connectivity index (χ4n) is 3.75. The molecule has 0 radical (unpaired) electrons. The molecule has 30 heavy (non-hydrogen) atoms. The van der Waals surface area contributed by atoms with Crippen molar-refractivity contribution >= 4 is 5.82 Å². The first-order chi connectivity index (χ1) is 14.6. The number of aryl methyl sites for hydroxylation is 1. The van der Waals surface area contributed by atoms with Gasteiger partial charge in [-0.15, -0.1) is 0 Å². The first-order valence-electron chi connectivity index (χ1n) is 10.4. The lowest BCUT2D eigenvalue weighted by molar-refractivity contribution is 0.285. The molecular formula is C23H26FN5O. The number of aromatic nitrogens is 3. The van der Waals surface area contributed by atoms with Gasteiger partial charge in [0.25, 0.3) is 5.56 Å². The maximum atomic E-state index is 13.1. The van der Waals surface area contributed by atoms with Gasteiger partial charge in [0.05, 0.1) is 0 Å². The number of benzene rings is 1. The van der Waals surface area contributed by atoms with Crippen molar-refractivity contribution in [3.8, 4) is 11.4 Å². The number of aromatic amines is 1. The molecule has 1 aliphatic heterocycles. The molecular weight excluding hydrogens is 381 g/mol. The molecule has 0 saturated carbocycles. The molecule has 0 unspecified atom stereocenters. The molecule has 1 aromatic carbocycles. The van der Waals surface area contributed by atoms with E-state index < -0.39 is 0 Å². The van der Waals surface area contributed by atoms with Crippen LogP contribution in [0.15, 0.2) is 53.5 Å². The zero-order chi connectivity index (χ0) is 20.9. The van der Waals surface area contributed by atoms with Crippen LogP contribution >= 0.6 is 0 Å². The molecule has 1 N–H and O–H groups in total. The predicted octanol–water partition coefficient (Wildman–Crippen LogP) is 3.25. The van der Waals surface area contributed by atoms with Crippen LogP contribution in [0.5, 0.6) is 0 Å². The van der Waals surface area contributed by atoms with Crippen LogP contribution in [0.4, 0.5) is 10.2 Å². The third kappa shape index (κ3) is 4.91. The predicted molar refractivity (Wildman–Crippen MR) is 116 cm³/mol. The van der Waals surface area contributed by atoms with Crippen LogP contribution in [0.2, 0.25) is 0 Å². The Morgan fingerprint density at radius 1 is 1.07 bits per heavy atom. The second-order valence-electron chi connectivity index (χ2n) is 7.59. The molecule has 1 fully saturated rings. The molecule has 0 atom stereocenters. The van der Waals surface area contributed by atoms with Crippen LogP contribution in [0, 0.1) is 5.82 Å². The highest BCUT2D eigenvalue weighted by molar-refractivity contribution is 5.56. The number of rotatable bonds is 5. The summed E-state index contributed by atoms with van der Waals surface area (Å²) in [7, 11) is 0. The minimum absolute atomic E-state index is 0.144. The molecule has 3 heterocycles. The van der Waals surface area contributed by atoms with E-state index >= 15 is 0 Å². The normalized spacial score (nSPS) is 15.2. The lowest BCUT2D eigenvalue weighted by Crippen LogP contribution is -2.30. The molecule has 0 aliphatic carbocycles. The molecule has 0 amide bonds. The summed E-state index contributed by atoms with van der Waals surface area (Å²) < 4.78 is 13.1. The maximum Gasteiger partial charge on any atom is 0.251 e. The maximum absolute atomic E-state index is 13.1. The van der Waals surface area contributed by atoms with Crippen LogP contribution in [0.3, 0.4) is 0 Å². The number of halogens is 1. The van der Waals surface area contributed by atoms with E-state index in [0.29, 0.717) is 12.2 Å². The van der Waals surface area contributed by atoms with Crippen molar-refractivity contribution in [2.75, 3.05) is 31.1 Å². The van der Waals surface area contributed by atoms with Crippen molar-refractivity contribution in [2.45, 2.75) is 26.3 Å². The first kappa shape index (κ1) is 20.2. The molecule has 1 saturated heterocycles. The standard InChI is InChI=1S/C23H26FN5O/c1-2-20-14-22(30)27-23(26-20)18-6-9-21(25-15-18)29-11-3-10-28(12-13-29)16-17-4-7-19(24)8-5-17/h4-9,14-15H,2-3,10-13,16H2,1H3,(H,26,27,30). The van der Waals surface area contributed by atoms with Gasteiger partial charge in [0.15, 0.2) is 0 Å². The summed E-state index contributed by atoms with van der Waals surface area (Å²) in [6, 6.07) is 12.2. The molecule has 0 bridgehead atoms. The first-order valence-corrected chi connectivity index (χ1v) is 10.4. The van der Waals surface area contributed by atoms with Crippen LogP contribution in [0.25, 0.3) is 11.4 Å².